The lowest BCUT2D eigenvalue weighted by Gasteiger charge is -2.53. The van der Waals surface area contributed by atoms with Crippen molar-refractivity contribution in [3.05, 3.63) is 0 Å². The summed E-state index contributed by atoms with van der Waals surface area (Å²) in [4.78, 5) is 16.2. The van der Waals surface area contributed by atoms with Crippen LogP contribution < -0.4 is 5.32 Å². The molecular weight excluding hydrogens is 688 g/mol. The van der Waals surface area contributed by atoms with Crippen LogP contribution in [0.2, 0.25) is 0 Å². The van der Waals surface area contributed by atoms with Crippen LogP contribution in [0.1, 0.15) is 108 Å². The monoisotopic (exact) mass is 763 g/mol. The highest BCUT2D eigenvalue weighted by atomic mass is 16.7. The molecule has 0 aromatic heterocycles. The summed E-state index contributed by atoms with van der Waals surface area (Å²) in [5.41, 5.74) is -5.77. The van der Waals surface area contributed by atoms with Crippen molar-refractivity contribution in [2.45, 2.75) is 198 Å². The van der Waals surface area contributed by atoms with E-state index in [1.54, 1.807) is 41.5 Å². The second kappa shape index (κ2) is 18.1. The lowest BCUT2D eigenvalue weighted by molar-refractivity contribution is -0.338. The Morgan fingerprint density at radius 1 is 0.943 bits per heavy atom. The number of cyclic esters (lactones) is 1. The summed E-state index contributed by atoms with van der Waals surface area (Å²) in [5.74, 6) is -2.63. The molecule has 53 heavy (non-hydrogen) atoms. The number of aliphatic hydroxyl groups excluding tert-OH is 2. The minimum Gasteiger partial charge on any atom is -0.459 e. The summed E-state index contributed by atoms with van der Waals surface area (Å²) in [6.07, 6.45) is -7.03. The fourth-order valence-corrected chi connectivity index (χ4v) is 9.08. The standard InChI is InChI=1S/C39H74N2O12/c1-15-28-38(11,46)32(43)25(7)40-20-21(3)18-36(9,45)33(53-35-30(42)27(41(12)13)17-22(4)49-35)23(5)31(24(6)34(44)51-28)52-29-19-37(10,48-14)39(47,16-2)26(8)50-29/h21-33,35,40,42-43,45-47H,15-20H2,1-14H3/t21-,22-,23+,24-,25-,26+,27+,28?,29+,30-,31+,32-,33-,35+,36-,37-,38-,39-/m1/s1. The number of esters is 1. The number of hydrogen-bond acceptors (Lipinski definition) is 14. The number of aliphatic hydroxyl groups is 5. The summed E-state index contributed by atoms with van der Waals surface area (Å²) in [6, 6.07) is -0.865. The number of rotatable bonds is 8. The van der Waals surface area contributed by atoms with Gasteiger partial charge in [-0.1, -0.05) is 27.7 Å². The second-order valence-electron chi connectivity index (χ2n) is 17.4. The van der Waals surface area contributed by atoms with E-state index >= 15 is 0 Å². The Hall–Kier alpha value is -1.01. The summed E-state index contributed by atoms with van der Waals surface area (Å²) in [7, 11) is 5.30. The Morgan fingerprint density at radius 3 is 2.11 bits per heavy atom. The molecule has 0 spiro atoms. The van der Waals surface area contributed by atoms with Crippen LogP contribution >= 0.6 is 0 Å². The zero-order valence-corrected chi connectivity index (χ0v) is 34.9. The first-order valence-electron chi connectivity index (χ1n) is 19.7. The summed E-state index contributed by atoms with van der Waals surface area (Å²) in [6.45, 7) is 19.8. The van der Waals surface area contributed by atoms with Crippen LogP contribution in [-0.4, -0.2) is 154 Å². The summed E-state index contributed by atoms with van der Waals surface area (Å²) < 4.78 is 38.0. The van der Waals surface area contributed by atoms with Crippen LogP contribution in [0.5, 0.6) is 0 Å². The minimum atomic E-state index is -1.81. The van der Waals surface area contributed by atoms with Crippen LogP contribution in [-0.2, 0) is 33.2 Å². The Balaban J connectivity index is 2.17. The molecule has 6 N–H and O–H groups in total. The Morgan fingerprint density at radius 2 is 1.57 bits per heavy atom. The van der Waals surface area contributed by atoms with Gasteiger partial charge in [0, 0.05) is 31.5 Å². The highest BCUT2D eigenvalue weighted by molar-refractivity contribution is 5.73. The Kier molecular flexibility index (Phi) is 15.8. The molecule has 1 unspecified atom stereocenters. The lowest BCUT2D eigenvalue weighted by atomic mass is 9.74. The first kappa shape index (κ1) is 46.4. The molecule has 3 saturated heterocycles. The Labute approximate surface area is 318 Å². The average molecular weight is 763 g/mol. The molecule has 312 valence electrons. The van der Waals surface area contributed by atoms with E-state index in [4.69, 9.17) is 28.4 Å². The molecule has 14 heteroatoms. The number of nitrogens with one attached hydrogen (secondary N) is 1. The van der Waals surface area contributed by atoms with Crippen molar-refractivity contribution in [3.8, 4) is 0 Å². The number of carbonyl (C=O) groups excluding carboxylic acids is 1. The lowest BCUT2D eigenvalue weighted by Crippen LogP contribution is -2.66. The normalized spacial score (nSPS) is 49.9. The quantitative estimate of drug-likeness (QED) is 0.198. The van der Waals surface area contributed by atoms with Crippen molar-refractivity contribution in [3.63, 3.8) is 0 Å². The predicted octanol–water partition coefficient (Wildman–Crippen LogP) is 2.34. The van der Waals surface area contributed by atoms with Gasteiger partial charge in [0.15, 0.2) is 12.6 Å². The number of ether oxygens (including phenoxy) is 6. The molecule has 3 heterocycles. The van der Waals surface area contributed by atoms with Crippen LogP contribution in [0.25, 0.3) is 0 Å². The Bertz CT molecular complexity index is 1180. The molecule has 18 atom stereocenters. The first-order valence-corrected chi connectivity index (χ1v) is 19.7. The number of hydrogen-bond donors (Lipinski definition) is 6. The van der Waals surface area contributed by atoms with E-state index in [0.717, 1.165) is 0 Å². The van der Waals surface area contributed by atoms with Crippen LogP contribution in [0.15, 0.2) is 0 Å². The molecule has 3 rings (SSSR count). The molecule has 0 saturated carbocycles. The highest BCUT2D eigenvalue weighted by Crippen LogP contribution is 2.44. The zero-order valence-electron chi connectivity index (χ0n) is 34.9. The maximum Gasteiger partial charge on any atom is 0.311 e. The van der Waals surface area contributed by atoms with E-state index in [2.05, 4.69) is 5.32 Å². The molecule has 3 aliphatic heterocycles. The van der Waals surface area contributed by atoms with Crippen molar-refractivity contribution < 1.29 is 58.7 Å². The van der Waals surface area contributed by atoms with Gasteiger partial charge in [0.1, 0.15) is 35.1 Å². The molecule has 0 bridgehead atoms. The average Bonchev–Trinajstić information content (AvgIpc) is 3.08. The van der Waals surface area contributed by atoms with Gasteiger partial charge in [-0.05, 0) is 101 Å². The fraction of sp³-hybridized carbons (Fsp3) is 0.974. The van der Waals surface area contributed by atoms with Gasteiger partial charge in [0.2, 0.25) is 0 Å². The van der Waals surface area contributed by atoms with Crippen molar-refractivity contribution in [2.24, 2.45) is 17.8 Å². The second-order valence-corrected chi connectivity index (χ2v) is 17.4. The third-order valence-electron chi connectivity index (χ3n) is 12.7. The van der Waals surface area contributed by atoms with Gasteiger partial charge in [-0.3, -0.25) is 4.79 Å². The molecule has 3 aliphatic rings. The largest absolute Gasteiger partial charge is 0.459 e. The topological polar surface area (TPSA) is 189 Å². The highest BCUT2D eigenvalue weighted by Gasteiger charge is 2.57. The van der Waals surface area contributed by atoms with E-state index in [-0.39, 0.29) is 37.3 Å². The van der Waals surface area contributed by atoms with Gasteiger partial charge in [-0.15, -0.1) is 0 Å². The van der Waals surface area contributed by atoms with Crippen molar-refractivity contribution >= 4 is 5.97 Å². The van der Waals surface area contributed by atoms with E-state index in [0.29, 0.717) is 19.4 Å². The van der Waals surface area contributed by atoms with E-state index in [1.165, 1.54) is 14.0 Å². The molecule has 0 aromatic carbocycles. The van der Waals surface area contributed by atoms with E-state index in [1.807, 2.05) is 46.7 Å². The summed E-state index contributed by atoms with van der Waals surface area (Å²) in [5, 5.41) is 61.9. The van der Waals surface area contributed by atoms with Gasteiger partial charge in [0.25, 0.3) is 0 Å². The zero-order chi connectivity index (χ0) is 40.4. The molecule has 0 aromatic rings. The first-order chi connectivity index (χ1) is 24.4. The third kappa shape index (κ3) is 9.93. The molecule has 0 radical (unpaired) electrons. The van der Waals surface area contributed by atoms with Gasteiger partial charge in [-0.2, -0.15) is 0 Å². The number of nitrogens with zero attached hydrogens (tertiary/aromatic N) is 1. The fourth-order valence-electron chi connectivity index (χ4n) is 9.08. The van der Waals surface area contributed by atoms with E-state index in [9.17, 15) is 30.3 Å². The number of methoxy groups -OCH3 is 1. The molecular formula is C39H74N2O12. The van der Waals surface area contributed by atoms with Crippen LogP contribution in [0.4, 0.5) is 0 Å². The van der Waals surface area contributed by atoms with E-state index < -0.39 is 95.5 Å². The van der Waals surface area contributed by atoms with Gasteiger partial charge in [-0.25, -0.2) is 0 Å². The molecule has 14 nitrogen and oxygen atoms in total. The maximum atomic E-state index is 14.2. The van der Waals surface area contributed by atoms with Gasteiger partial charge < -0.3 is 64.2 Å². The van der Waals surface area contributed by atoms with Crippen molar-refractivity contribution in [2.75, 3.05) is 27.7 Å². The minimum absolute atomic E-state index is 0.122. The SMILES string of the molecule is CCC1OC(=O)[C@H](C)[C@@H](O[C@H]2C[C@@](C)(OC)[C@@](O)(CC)[C@H](C)O2)[C@H](C)[C@@H](O[C@@H]2O[C@H](C)C[C@H](N(C)C)[C@H]2O)[C@](C)(O)C[C@@H](C)CN[C@H](C)[C@@H](O)[C@]1(C)O. The van der Waals surface area contributed by atoms with Gasteiger partial charge in [0.05, 0.1) is 35.9 Å². The number of likely N-dealkylation sites (N-methyl/N-ethyl adjacent to an activating group) is 1. The van der Waals surface area contributed by atoms with Crippen LogP contribution in [0.3, 0.4) is 0 Å². The van der Waals surface area contributed by atoms with Crippen molar-refractivity contribution in [1.29, 1.82) is 0 Å². The van der Waals surface area contributed by atoms with Gasteiger partial charge >= 0.3 is 5.97 Å². The number of carbonyl (C=O) groups is 1. The smallest absolute Gasteiger partial charge is 0.311 e. The maximum absolute atomic E-state index is 14.2. The summed E-state index contributed by atoms with van der Waals surface area (Å²) >= 11 is 0. The molecule has 3 fully saturated rings. The third-order valence-corrected chi connectivity index (χ3v) is 12.7. The molecule has 0 amide bonds. The van der Waals surface area contributed by atoms with Crippen molar-refractivity contribution in [1.82, 2.24) is 10.2 Å². The predicted molar refractivity (Wildman–Crippen MR) is 199 cm³/mol. The van der Waals surface area contributed by atoms with Crippen LogP contribution in [0, 0.1) is 17.8 Å². The molecule has 0 aliphatic carbocycles.